The van der Waals surface area contributed by atoms with E-state index in [4.69, 9.17) is 4.74 Å². The van der Waals surface area contributed by atoms with Crippen molar-refractivity contribution < 1.29 is 9.53 Å². The van der Waals surface area contributed by atoms with Crippen molar-refractivity contribution in [1.82, 2.24) is 9.80 Å². The van der Waals surface area contributed by atoms with Crippen LogP contribution >= 0.6 is 0 Å². The Kier molecular flexibility index (Phi) is 4.81. The number of piperazine rings is 1. The fourth-order valence-electron chi connectivity index (χ4n) is 5.11. The van der Waals surface area contributed by atoms with E-state index in [9.17, 15) is 4.79 Å². The molecule has 1 heterocycles. The van der Waals surface area contributed by atoms with Gasteiger partial charge in [-0.15, -0.1) is 0 Å². The zero-order chi connectivity index (χ0) is 18.9. The molecule has 1 aliphatic heterocycles. The van der Waals surface area contributed by atoms with E-state index in [1.807, 2.05) is 35.2 Å². The molecule has 28 heavy (non-hydrogen) atoms. The molecule has 2 fully saturated rings. The Hall–Kier alpha value is -2.33. The second-order valence-corrected chi connectivity index (χ2v) is 8.52. The number of amides is 1. The molecule has 0 unspecified atom stereocenters. The summed E-state index contributed by atoms with van der Waals surface area (Å²) in [6.07, 6.45) is 7.57. The van der Waals surface area contributed by atoms with Crippen LogP contribution in [0.2, 0.25) is 0 Å². The van der Waals surface area contributed by atoms with Crippen molar-refractivity contribution in [3.63, 3.8) is 0 Å². The SMILES string of the molecule is O=C(COc1ccc2ccccc2c1)N1CCN(C[C@@H]2C[C@H]3C=C[C@H]2C3)CC1. The summed E-state index contributed by atoms with van der Waals surface area (Å²) in [6.45, 7) is 4.92. The molecule has 1 saturated carbocycles. The third kappa shape index (κ3) is 3.66. The predicted molar refractivity (Wildman–Crippen MR) is 111 cm³/mol. The van der Waals surface area contributed by atoms with E-state index in [1.54, 1.807) is 0 Å². The number of benzene rings is 2. The molecular formula is C24H28N2O2. The maximum Gasteiger partial charge on any atom is 0.260 e. The lowest BCUT2D eigenvalue weighted by molar-refractivity contribution is -0.135. The summed E-state index contributed by atoms with van der Waals surface area (Å²) in [6, 6.07) is 14.2. The Morgan fingerprint density at radius 3 is 2.54 bits per heavy atom. The molecule has 0 radical (unpaired) electrons. The highest BCUT2D eigenvalue weighted by Crippen LogP contribution is 2.43. The van der Waals surface area contributed by atoms with Crippen molar-refractivity contribution in [2.75, 3.05) is 39.3 Å². The Balaban J connectivity index is 1.09. The molecule has 4 nitrogen and oxygen atoms in total. The fraction of sp³-hybridized carbons (Fsp3) is 0.458. The van der Waals surface area contributed by atoms with Crippen molar-refractivity contribution in [3.8, 4) is 5.75 Å². The van der Waals surface area contributed by atoms with E-state index in [0.717, 1.165) is 55.1 Å². The molecule has 1 saturated heterocycles. The quantitative estimate of drug-likeness (QED) is 0.748. The first-order valence-electron chi connectivity index (χ1n) is 10.5. The Labute approximate surface area is 166 Å². The zero-order valence-electron chi connectivity index (χ0n) is 16.3. The van der Waals surface area contributed by atoms with Crippen LogP contribution in [-0.2, 0) is 4.79 Å². The summed E-state index contributed by atoms with van der Waals surface area (Å²) in [4.78, 5) is 17.1. The highest BCUT2D eigenvalue weighted by molar-refractivity contribution is 5.84. The zero-order valence-corrected chi connectivity index (χ0v) is 16.3. The van der Waals surface area contributed by atoms with Gasteiger partial charge in [0.2, 0.25) is 0 Å². The minimum absolute atomic E-state index is 0.0932. The molecule has 2 aliphatic carbocycles. The Morgan fingerprint density at radius 1 is 0.964 bits per heavy atom. The number of ether oxygens (including phenoxy) is 1. The van der Waals surface area contributed by atoms with Crippen molar-refractivity contribution in [3.05, 3.63) is 54.6 Å². The van der Waals surface area contributed by atoms with E-state index in [0.29, 0.717) is 0 Å². The highest BCUT2D eigenvalue weighted by atomic mass is 16.5. The van der Waals surface area contributed by atoms with Gasteiger partial charge in [0.05, 0.1) is 0 Å². The summed E-state index contributed by atoms with van der Waals surface area (Å²) in [5.41, 5.74) is 0. The lowest BCUT2D eigenvalue weighted by Gasteiger charge is -2.36. The van der Waals surface area contributed by atoms with Crippen LogP contribution < -0.4 is 4.74 Å². The van der Waals surface area contributed by atoms with Crippen LogP contribution in [0.1, 0.15) is 12.8 Å². The van der Waals surface area contributed by atoms with E-state index in [1.165, 1.54) is 24.8 Å². The number of carbonyl (C=O) groups is 1. The van der Waals surface area contributed by atoms with Crippen molar-refractivity contribution in [2.24, 2.45) is 17.8 Å². The standard InChI is InChI=1S/C24H28N2O2/c27-24(17-28-23-8-7-19-3-1-2-4-20(19)15-23)26-11-9-25(10-12-26)16-22-14-18-5-6-21(22)13-18/h1-8,15,18,21-22H,9-14,16-17H2/t18-,21-,22-/m0/s1. The summed E-state index contributed by atoms with van der Waals surface area (Å²) < 4.78 is 5.78. The number of hydrogen-bond acceptors (Lipinski definition) is 3. The minimum Gasteiger partial charge on any atom is -0.484 e. The number of hydrogen-bond donors (Lipinski definition) is 0. The minimum atomic E-state index is 0.0932. The van der Waals surface area contributed by atoms with Gasteiger partial charge in [-0.1, -0.05) is 42.5 Å². The molecule has 0 N–H and O–H groups in total. The summed E-state index contributed by atoms with van der Waals surface area (Å²) in [5, 5.41) is 2.32. The van der Waals surface area contributed by atoms with Crippen molar-refractivity contribution in [1.29, 1.82) is 0 Å². The predicted octanol–water partition coefficient (Wildman–Crippen LogP) is 3.58. The van der Waals surface area contributed by atoms with Gasteiger partial charge in [0.25, 0.3) is 5.91 Å². The van der Waals surface area contributed by atoms with Gasteiger partial charge in [-0.3, -0.25) is 9.69 Å². The van der Waals surface area contributed by atoms with Crippen molar-refractivity contribution >= 4 is 16.7 Å². The van der Waals surface area contributed by atoms with Crippen LogP contribution in [0.5, 0.6) is 5.75 Å². The average molecular weight is 377 g/mol. The molecular weight excluding hydrogens is 348 g/mol. The monoisotopic (exact) mass is 376 g/mol. The van der Waals surface area contributed by atoms with Crippen LogP contribution in [0, 0.1) is 17.8 Å². The maximum absolute atomic E-state index is 12.6. The summed E-state index contributed by atoms with van der Waals surface area (Å²) in [7, 11) is 0. The van der Waals surface area contributed by atoms with Crippen LogP contribution in [0.3, 0.4) is 0 Å². The summed E-state index contributed by atoms with van der Waals surface area (Å²) in [5.74, 6) is 3.32. The number of rotatable bonds is 5. The molecule has 1 amide bonds. The molecule has 2 aromatic rings. The van der Waals surface area contributed by atoms with Gasteiger partial charge in [-0.05, 0) is 53.5 Å². The lowest BCUT2D eigenvalue weighted by atomic mass is 9.93. The van der Waals surface area contributed by atoms with Gasteiger partial charge in [0.15, 0.2) is 6.61 Å². The fourth-order valence-corrected chi connectivity index (χ4v) is 5.11. The van der Waals surface area contributed by atoms with Crippen LogP contribution in [0.4, 0.5) is 0 Å². The molecule has 4 heteroatoms. The average Bonchev–Trinajstić information content (AvgIpc) is 3.36. The number of carbonyl (C=O) groups excluding carboxylic acids is 1. The molecule has 0 aromatic heterocycles. The normalized spacial score (nSPS) is 26.9. The van der Waals surface area contributed by atoms with Crippen LogP contribution in [0.15, 0.2) is 54.6 Å². The third-order valence-electron chi connectivity index (χ3n) is 6.72. The highest BCUT2D eigenvalue weighted by Gasteiger charge is 2.36. The van der Waals surface area contributed by atoms with Gasteiger partial charge >= 0.3 is 0 Å². The molecule has 146 valence electrons. The molecule has 0 spiro atoms. The van der Waals surface area contributed by atoms with Gasteiger partial charge in [-0.25, -0.2) is 0 Å². The van der Waals surface area contributed by atoms with Gasteiger partial charge in [0, 0.05) is 32.7 Å². The lowest BCUT2D eigenvalue weighted by Crippen LogP contribution is -2.51. The van der Waals surface area contributed by atoms with E-state index >= 15 is 0 Å². The molecule has 3 aliphatic rings. The topological polar surface area (TPSA) is 32.8 Å². The first-order chi connectivity index (χ1) is 13.7. The van der Waals surface area contributed by atoms with Crippen LogP contribution in [-0.4, -0.2) is 55.0 Å². The van der Waals surface area contributed by atoms with E-state index in [2.05, 4.69) is 29.2 Å². The van der Waals surface area contributed by atoms with Gasteiger partial charge < -0.3 is 9.64 Å². The number of fused-ring (bicyclic) bond motifs is 3. The van der Waals surface area contributed by atoms with Crippen molar-refractivity contribution in [2.45, 2.75) is 12.8 Å². The number of nitrogens with zero attached hydrogens (tertiary/aromatic N) is 2. The summed E-state index contributed by atoms with van der Waals surface area (Å²) >= 11 is 0. The smallest absolute Gasteiger partial charge is 0.260 e. The molecule has 2 aromatic carbocycles. The first-order valence-corrected chi connectivity index (χ1v) is 10.5. The first kappa shape index (κ1) is 17.7. The molecule has 3 atom stereocenters. The van der Waals surface area contributed by atoms with E-state index in [-0.39, 0.29) is 12.5 Å². The van der Waals surface area contributed by atoms with Gasteiger partial charge in [0.1, 0.15) is 5.75 Å². The van der Waals surface area contributed by atoms with E-state index < -0.39 is 0 Å². The molecule has 2 bridgehead atoms. The maximum atomic E-state index is 12.6. The second-order valence-electron chi connectivity index (χ2n) is 8.52. The van der Waals surface area contributed by atoms with Crippen LogP contribution in [0.25, 0.3) is 10.8 Å². The second kappa shape index (κ2) is 7.59. The van der Waals surface area contributed by atoms with Gasteiger partial charge in [-0.2, -0.15) is 0 Å². The Morgan fingerprint density at radius 2 is 1.79 bits per heavy atom. The third-order valence-corrected chi connectivity index (χ3v) is 6.72. The molecule has 5 rings (SSSR count). The largest absolute Gasteiger partial charge is 0.484 e. The Bertz CT molecular complexity index is 885. The number of allylic oxidation sites excluding steroid dienone is 2.